The maximum atomic E-state index is 13.3. The van der Waals surface area contributed by atoms with Crippen LogP contribution in [-0.2, 0) is 0 Å². The highest BCUT2D eigenvalue weighted by atomic mass is 35.5. The van der Waals surface area contributed by atoms with Crippen LogP contribution >= 0.6 is 23.8 Å². The van der Waals surface area contributed by atoms with Crippen molar-refractivity contribution in [2.24, 2.45) is 10.8 Å². The van der Waals surface area contributed by atoms with Crippen LogP contribution in [-0.4, -0.2) is 16.4 Å². The number of phenols is 1. The summed E-state index contributed by atoms with van der Waals surface area (Å²) in [6.45, 7) is 0. The summed E-state index contributed by atoms with van der Waals surface area (Å²) in [6, 6.07) is 2.50. The third-order valence-corrected chi connectivity index (χ3v) is 1.86. The minimum atomic E-state index is -0.759. The van der Waals surface area contributed by atoms with E-state index in [0.717, 1.165) is 6.21 Å². The molecule has 0 aliphatic carbocycles. The predicted molar refractivity (Wildman–Crippen MR) is 60.6 cm³/mol. The van der Waals surface area contributed by atoms with E-state index in [9.17, 15) is 9.50 Å². The molecular formula is C8H7ClFN3OS. The van der Waals surface area contributed by atoms with Crippen molar-refractivity contribution in [2.45, 2.75) is 0 Å². The van der Waals surface area contributed by atoms with E-state index in [1.54, 1.807) is 0 Å². The van der Waals surface area contributed by atoms with E-state index >= 15 is 0 Å². The highest BCUT2D eigenvalue weighted by molar-refractivity contribution is 7.80. The Morgan fingerprint density at radius 2 is 2.33 bits per heavy atom. The summed E-state index contributed by atoms with van der Waals surface area (Å²) in [7, 11) is 0. The smallest absolute Gasteiger partial charge is 0.184 e. The summed E-state index contributed by atoms with van der Waals surface area (Å²) >= 11 is 9.98. The summed E-state index contributed by atoms with van der Waals surface area (Å²) < 4.78 is 13.3. The second-order valence-corrected chi connectivity index (χ2v) is 3.38. The number of halogens is 2. The van der Waals surface area contributed by atoms with Gasteiger partial charge in [0, 0.05) is 0 Å². The van der Waals surface area contributed by atoms with E-state index < -0.39 is 5.82 Å². The normalized spacial score (nSPS) is 10.5. The maximum absolute atomic E-state index is 13.3. The number of hydrazone groups is 1. The van der Waals surface area contributed by atoms with E-state index in [0.29, 0.717) is 0 Å². The van der Waals surface area contributed by atoms with E-state index in [1.165, 1.54) is 12.1 Å². The van der Waals surface area contributed by atoms with Crippen LogP contribution in [0.1, 0.15) is 5.56 Å². The molecule has 0 radical (unpaired) electrons. The molecule has 0 fully saturated rings. The fraction of sp³-hybridized carbons (Fsp3) is 0. The SMILES string of the molecule is NC(=S)NN=Cc1c(O)ccc(Cl)c1F. The maximum Gasteiger partial charge on any atom is 0.184 e. The van der Waals surface area contributed by atoms with Crippen molar-refractivity contribution in [1.82, 2.24) is 5.43 Å². The van der Waals surface area contributed by atoms with Crippen molar-refractivity contribution in [1.29, 1.82) is 0 Å². The summed E-state index contributed by atoms with van der Waals surface area (Å²) in [4.78, 5) is 0. The molecule has 1 aromatic rings. The molecule has 7 heteroatoms. The molecule has 15 heavy (non-hydrogen) atoms. The quantitative estimate of drug-likeness (QED) is 0.419. The van der Waals surface area contributed by atoms with Crippen LogP contribution in [0.15, 0.2) is 17.2 Å². The van der Waals surface area contributed by atoms with Gasteiger partial charge in [-0.15, -0.1) is 0 Å². The van der Waals surface area contributed by atoms with Crippen LogP contribution in [0.2, 0.25) is 5.02 Å². The van der Waals surface area contributed by atoms with E-state index in [-0.39, 0.29) is 21.4 Å². The van der Waals surface area contributed by atoms with Crippen LogP contribution in [0.5, 0.6) is 5.75 Å². The average Bonchev–Trinajstić information content (AvgIpc) is 2.17. The van der Waals surface area contributed by atoms with Crippen LogP contribution in [0.25, 0.3) is 0 Å². The van der Waals surface area contributed by atoms with Gasteiger partial charge in [0.25, 0.3) is 0 Å². The van der Waals surface area contributed by atoms with Gasteiger partial charge in [-0.3, -0.25) is 5.43 Å². The van der Waals surface area contributed by atoms with Gasteiger partial charge in [-0.25, -0.2) is 4.39 Å². The van der Waals surface area contributed by atoms with Gasteiger partial charge < -0.3 is 10.8 Å². The molecule has 0 saturated carbocycles. The molecule has 0 aromatic heterocycles. The van der Waals surface area contributed by atoms with Crippen molar-refractivity contribution in [3.8, 4) is 5.75 Å². The first-order valence-electron chi connectivity index (χ1n) is 3.78. The topological polar surface area (TPSA) is 70.6 Å². The van der Waals surface area contributed by atoms with Gasteiger partial charge in [0.1, 0.15) is 5.75 Å². The van der Waals surface area contributed by atoms with Crippen molar-refractivity contribution >= 4 is 35.1 Å². The van der Waals surface area contributed by atoms with Crippen LogP contribution in [0.4, 0.5) is 4.39 Å². The second-order valence-electron chi connectivity index (χ2n) is 2.53. The molecule has 1 aromatic carbocycles. The lowest BCUT2D eigenvalue weighted by Gasteiger charge is -2.02. The highest BCUT2D eigenvalue weighted by Crippen LogP contribution is 2.24. The lowest BCUT2D eigenvalue weighted by molar-refractivity contribution is 0.468. The molecule has 0 unspecified atom stereocenters. The number of thiocarbonyl (C=S) groups is 1. The third kappa shape index (κ3) is 3.03. The number of nitrogens with two attached hydrogens (primary N) is 1. The number of nitrogens with one attached hydrogen (secondary N) is 1. The Bertz CT molecular complexity index is 425. The lowest BCUT2D eigenvalue weighted by Crippen LogP contribution is -2.24. The zero-order valence-corrected chi connectivity index (χ0v) is 8.94. The number of phenolic OH excluding ortho intramolecular Hbond substituents is 1. The molecule has 80 valence electrons. The molecule has 0 amide bonds. The summed E-state index contributed by atoms with van der Waals surface area (Å²) in [5.74, 6) is -1.03. The van der Waals surface area contributed by atoms with Gasteiger partial charge >= 0.3 is 0 Å². The molecule has 0 saturated heterocycles. The molecule has 4 N–H and O–H groups in total. The summed E-state index contributed by atoms with van der Waals surface area (Å²) in [5.41, 5.74) is 7.18. The van der Waals surface area contributed by atoms with Gasteiger partial charge in [0.05, 0.1) is 16.8 Å². The van der Waals surface area contributed by atoms with Crippen LogP contribution in [0.3, 0.4) is 0 Å². The van der Waals surface area contributed by atoms with E-state index in [1.807, 2.05) is 0 Å². The molecular weight excluding hydrogens is 241 g/mol. The van der Waals surface area contributed by atoms with Crippen molar-refractivity contribution in [2.75, 3.05) is 0 Å². The fourth-order valence-electron chi connectivity index (χ4n) is 0.839. The molecule has 0 bridgehead atoms. The van der Waals surface area contributed by atoms with Gasteiger partial charge in [-0.1, -0.05) is 11.6 Å². The zero-order chi connectivity index (χ0) is 11.4. The first kappa shape index (κ1) is 11.7. The number of aromatic hydroxyl groups is 1. The molecule has 1 rings (SSSR count). The molecule has 0 spiro atoms. The second kappa shape index (κ2) is 4.90. The zero-order valence-electron chi connectivity index (χ0n) is 7.37. The Labute approximate surface area is 95.5 Å². The Morgan fingerprint density at radius 1 is 1.67 bits per heavy atom. The molecule has 0 aliphatic rings. The van der Waals surface area contributed by atoms with Gasteiger partial charge in [0.2, 0.25) is 0 Å². The average molecular weight is 248 g/mol. The number of hydrogen-bond acceptors (Lipinski definition) is 3. The van der Waals surface area contributed by atoms with Crippen LogP contribution < -0.4 is 11.2 Å². The van der Waals surface area contributed by atoms with Gasteiger partial charge in [0.15, 0.2) is 10.9 Å². The van der Waals surface area contributed by atoms with Gasteiger partial charge in [-0.05, 0) is 24.4 Å². The molecule has 4 nitrogen and oxygen atoms in total. The third-order valence-electron chi connectivity index (χ3n) is 1.48. The Kier molecular flexibility index (Phi) is 3.81. The van der Waals surface area contributed by atoms with Crippen LogP contribution in [0, 0.1) is 5.82 Å². The van der Waals surface area contributed by atoms with Crippen molar-refractivity contribution in [3.63, 3.8) is 0 Å². The number of rotatable bonds is 2. The molecule has 0 heterocycles. The lowest BCUT2D eigenvalue weighted by atomic mass is 10.2. The van der Waals surface area contributed by atoms with E-state index in [4.69, 9.17) is 17.3 Å². The number of hydrogen-bond donors (Lipinski definition) is 3. The monoisotopic (exact) mass is 247 g/mol. The highest BCUT2D eigenvalue weighted by Gasteiger charge is 2.09. The number of benzene rings is 1. The summed E-state index contributed by atoms with van der Waals surface area (Å²) in [6.07, 6.45) is 1.04. The standard InChI is InChI=1S/C8H7ClFN3OS/c9-5-1-2-6(14)4(7(5)10)3-12-13-8(11)15/h1-3,14H,(H3,11,13,15). The predicted octanol–water partition coefficient (Wildman–Crippen LogP) is 1.35. The Morgan fingerprint density at radius 3 is 2.93 bits per heavy atom. The Hall–Kier alpha value is -1.40. The minimum Gasteiger partial charge on any atom is -0.507 e. The molecule has 0 aliphatic heterocycles. The largest absolute Gasteiger partial charge is 0.507 e. The van der Waals surface area contributed by atoms with Crippen molar-refractivity contribution in [3.05, 3.63) is 28.5 Å². The fourth-order valence-corrected chi connectivity index (χ4v) is 1.06. The first-order valence-corrected chi connectivity index (χ1v) is 4.56. The number of nitrogens with zero attached hydrogens (tertiary/aromatic N) is 1. The van der Waals surface area contributed by atoms with Crippen molar-refractivity contribution < 1.29 is 9.50 Å². The molecule has 0 atom stereocenters. The minimum absolute atomic E-state index is 0.0619. The first-order chi connectivity index (χ1) is 7.02. The Balaban J connectivity index is 2.98. The van der Waals surface area contributed by atoms with Gasteiger partial charge in [-0.2, -0.15) is 5.10 Å². The van der Waals surface area contributed by atoms with E-state index in [2.05, 4.69) is 22.7 Å². The summed E-state index contributed by atoms with van der Waals surface area (Å²) in [5, 5.41) is 12.6.